The van der Waals surface area contributed by atoms with Crippen LogP contribution in [0.2, 0.25) is 0 Å². The van der Waals surface area contributed by atoms with Crippen LogP contribution in [-0.2, 0) is 0 Å². The first-order valence-corrected chi connectivity index (χ1v) is 5.91. The van der Waals surface area contributed by atoms with Crippen LogP contribution in [0.25, 0.3) is 0 Å². The van der Waals surface area contributed by atoms with Crippen LogP contribution in [0.1, 0.15) is 13.3 Å². The molecule has 1 aromatic rings. The predicted octanol–water partition coefficient (Wildman–Crippen LogP) is 1.58. The molecule has 1 rings (SSSR count). The van der Waals surface area contributed by atoms with Crippen molar-refractivity contribution >= 4 is 17.8 Å². The number of amides is 1. The lowest BCUT2D eigenvalue weighted by Crippen LogP contribution is -2.35. The molecule has 5 heteroatoms. The maximum atomic E-state index is 11.5. The van der Waals surface area contributed by atoms with E-state index in [4.69, 9.17) is 0 Å². The van der Waals surface area contributed by atoms with Crippen molar-refractivity contribution in [2.75, 3.05) is 12.0 Å². The highest BCUT2D eigenvalue weighted by atomic mass is 32.2. The van der Waals surface area contributed by atoms with Crippen LogP contribution in [0.3, 0.4) is 0 Å². The van der Waals surface area contributed by atoms with Gasteiger partial charge in [-0.05, 0) is 25.4 Å². The molecule has 0 aliphatic rings. The van der Waals surface area contributed by atoms with Gasteiger partial charge in [-0.15, -0.1) is 0 Å². The summed E-state index contributed by atoms with van der Waals surface area (Å²) in [5, 5.41) is 2.89. The molecule has 0 aromatic carbocycles. The number of nitrogens with zero attached hydrogens (tertiary/aromatic N) is 2. The second kappa shape index (κ2) is 5.70. The van der Waals surface area contributed by atoms with Gasteiger partial charge in [0.25, 0.3) is 0 Å². The average Bonchev–Trinajstić information content (AvgIpc) is 2.67. The second-order valence-corrected chi connectivity index (χ2v) is 4.09. The van der Waals surface area contributed by atoms with Crippen molar-refractivity contribution in [2.45, 2.75) is 19.4 Å². The Labute approximate surface area is 88.1 Å². The third-order valence-electron chi connectivity index (χ3n) is 1.86. The quantitative estimate of drug-likeness (QED) is 0.826. The molecule has 14 heavy (non-hydrogen) atoms. The average molecular weight is 213 g/mol. The predicted molar refractivity (Wildman–Crippen MR) is 58.6 cm³/mol. The van der Waals surface area contributed by atoms with Crippen LogP contribution < -0.4 is 5.32 Å². The lowest BCUT2D eigenvalue weighted by Gasteiger charge is -2.12. The topological polar surface area (TPSA) is 46.9 Å². The van der Waals surface area contributed by atoms with Gasteiger partial charge in [-0.25, -0.2) is 9.78 Å². The first-order chi connectivity index (χ1) is 6.74. The van der Waals surface area contributed by atoms with E-state index in [1.807, 2.05) is 6.92 Å². The van der Waals surface area contributed by atoms with E-state index in [9.17, 15) is 4.79 Å². The maximum absolute atomic E-state index is 11.5. The van der Waals surface area contributed by atoms with Gasteiger partial charge in [0.1, 0.15) is 6.33 Å². The Morgan fingerprint density at radius 1 is 1.71 bits per heavy atom. The minimum absolute atomic E-state index is 0.115. The van der Waals surface area contributed by atoms with Crippen LogP contribution in [0.4, 0.5) is 4.79 Å². The summed E-state index contributed by atoms with van der Waals surface area (Å²) in [4.78, 5) is 15.3. The van der Waals surface area contributed by atoms with Gasteiger partial charge in [-0.1, -0.05) is 0 Å². The first-order valence-electron chi connectivity index (χ1n) is 4.52. The van der Waals surface area contributed by atoms with E-state index in [2.05, 4.69) is 16.6 Å². The molecule has 0 radical (unpaired) electrons. The number of thioether (sulfide) groups is 1. The van der Waals surface area contributed by atoms with Crippen LogP contribution in [0, 0.1) is 0 Å². The number of nitrogens with one attached hydrogen (secondary N) is 1. The van der Waals surface area contributed by atoms with Crippen LogP contribution in [-0.4, -0.2) is 33.6 Å². The largest absolute Gasteiger partial charge is 0.335 e. The van der Waals surface area contributed by atoms with E-state index in [1.54, 1.807) is 24.2 Å². The second-order valence-electron chi connectivity index (χ2n) is 3.10. The fourth-order valence-corrected chi connectivity index (χ4v) is 1.62. The molecule has 1 amide bonds. The fourth-order valence-electron chi connectivity index (χ4n) is 1.03. The van der Waals surface area contributed by atoms with E-state index in [-0.39, 0.29) is 12.1 Å². The van der Waals surface area contributed by atoms with E-state index < -0.39 is 0 Å². The maximum Gasteiger partial charge on any atom is 0.327 e. The van der Waals surface area contributed by atoms with Crippen molar-refractivity contribution < 1.29 is 4.79 Å². The van der Waals surface area contributed by atoms with Gasteiger partial charge in [0.05, 0.1) is 0 Å². The molecule has 4 nitrogen and oxygen atoms in total. The molecule has 0 fully saturated rings. The van der Waals surface area contributed by atoms with E-state index in [0.29, 0.717) is 0 Å². The monoisotopic (exact) mass is 213 g/mol. The summed E-state index contributed by atoms with van der Waals surface area (Å²) < 4.78 is 1.44. The van der Waals surface area contributed by atoms with Gasteiger partial charge in [-0.3, -0.25) is 4.57 Å². The zero-order chi connectivity index (χ0) is 10.4. The summed E-state index contributed by atoms with van der Waals surface area (Å²) in [5.74, 6) is 1.06. The summed E-state index contributed by atoms with van der Waals surface area (Å²) >= 11 is 1.78. The molecule has 0 bridgehead atoms. The Balaban J connectivity index is 2.34. The van der Waals surface area contributed by atoms with Crippen LogP contribution in [0.5, 0.6) is 0 Å². The zero-order valence-corrected chi connectivity index (χ0v) is 9.25. The normalized spacial score (nSPS) is 12.4. The molecule has 78 valence electrons. The van der Waals surface area contributed by atoms with Crippen molar-refractivity contribution in [2.24, 2.45) is 0 Å². The van der Waals surface area contributed by atoms with Crippen molar-refractivity contribution in [3.63, 3.8) is 0 Å². The van der Waals surface area contributed by atoms with Crippen molar-refractivity contribution in [1.29, 1.82) is 0 Å². The van der Waals surface area contributed by atoms with Crippen molar-refractivity contribution in [3.8, 4) is 0 Å². The molecular formula is C9H15N3OS. The molecule has 0 aliphatic heterocycles. The standard InChI is InChI=1S/C9H15N3OS/c1-8(3-6-14-2)11-9(13)12-5-4-10-7-12/h4-5,7-8H,3,6H2,1-2H3,(H,11,13). The number of carbonyl (C=O) groups is 1. The lowest BCUT2D eigenvalue weighted by molar-refractivity contribution is 0.239. The Bertz CT molecular complexity index is 274. The fraction of sp³-hybridized carbons (Fsp3) is 0.556. The third kappa shape index (κ3) is 3.41. The number of hydrogen-bond acceptors (Lipinski definition) is 3. The summed E-state index contributed by atoms with van der Waals surface area (Å²) in [6.45, 7) is 2.01. The van der Waals surface area contributed by atoms with Gasteiger partial charge >= 0.3 is 6.03 Å². The van der Waals surface area contributed by atoms with Crippen LogP contribution in [0.15, 0.2) is 18.7 Å². The zero-order valence-electron chi connectivity index (χ0n) is 8.43. The summed E-state index contributed by atoms with van der Waals surface area (Å²) in [6, 6.07) is 0.0912. The van der Waals surface area contributed by atoms with E-state index >= 15 is 0 Å². The van der Waals surface area contributed by atoms with Crippen molar-refractivity contribution in [3.05, 3.63) is 18.7 Å². The first kappa shape index (κ1) is 11.1. The SMILES string of the molecule is CSCCC(C)NC(=O)n1ccnc1. The van der Waals surface area contributed by atoms with Gasteiger partial charge in [-0.2, -0.15) is 11.8 Å². The molecule has 1 atom stereocenters. The highest BCUT2D eigenvalue weighted by molar-refractivity contribution is 7.98. The molecule has 1 heterocycles. The van der Waals surface area contributed by atoms with Gasteiger partial charge in [0, 0.05) is 18.4 Å². The highest BCUT2D eigenvalue weighted by Gasteiger charge is 2.07. The van der Waals surface area contributed by atoms with E-state index in [1.165, 1.54) is 10.9 Å². The Morgan fingerprint density at radius 2 is 2.50 bits per heavy atom. The van der Waals surface area contributed by atoms with Gasteiger partial charge in [0.2, 0.25) is 0 Å². The Morgan fingerprint density at radius 3 is 3.07 bits per heavy atom. The third-order valence-corrected chi connectivity index (χ3v) is 2.51. The minimum Gasteiger partial charge on any atom is -0.335 e. The molecule has 1 aromatic heterocycles. The van der Waals surface area contributed by atoms with E-state index in [0.717, 1.165) is 12.2 Å². The number of rotatable bonds is 4. The summed E-state index contributed by atoms with van der Waals surface area (Å²) in [5.41, 5.74) is 0. The summed E-state index contributed by atoms with van der Waals surface area (Å²) in [6.07, 6.45) is 7.77. The Hall–Kier alpha value is -0.970. The molecule has 0 saturated carbocycles. The smallest absolute Gasteiger partial charge is 0.327 e. The number of imidazole rings is 1. The molecule has 0 spiro atoms. The molecule has 0 saturated heterocycles. The molecule has 1 N–H and O–H groups in total. The molecule has 0 aliphatic carbocycles. The lowest BCUT2D eigenvalue weighted by atomic mass is 10.3. The minimum atomic E-state index is -0.115. The number of carbonyl (C=O) groups excluding carboxylic acids is 1. The van der Waals surface area contributed by atoms with Gasteiger partial charge in [0.15, 0.2) is 0 Å². The highest BCUT2D eigenvalue weighted by Crippen LogP contribution is 2.00. The van der Waals surface area contributed by atoms with Crippen molar-refractivity contribution in [1.82, 2.24) is 14.9 Å². The molecule has 1 unspecified atom stereocenters. The Kier molecular flexibility index (Phi) is 4.52. The molecular weight excluding hydrogens is 198 g/mol. The van der Waals surface area contributed by atoms with Gasteiger partial charge < -0.3 is 5.32 Å². The summed E-state index contributed by atoms with van der Waals surface area (Å²) in [7, 11) is 0. The number of hydrogen-bond donors (Lipinski definition) is 1. The van der Waals surface area contributed by atoms with Crippen LogP contribution >= 0.6 is 11.8 Å². The number of aromatic nitrogens is 2.